The maximum atomic E-state index is 8.72. The van der Waals surface area contributed by atoms with Gasteiger partial charge in [0.1, 0.15) is 11.9 Å². The average Bonchev–Trinajstić information content (AvgIpc) is 2.85. The second kappa shape index (κ2) is 4.85. The number of nitrogens with one attached hydrogen (secondary N) is 1. The van der Waals surface area contributed by atoms with Crippen LogP contribution in [0.15, 0.2) is 29.1 Å². The molecule has 5 heteroatoms. The highest BCUT2D eigenvalue weighted by Gasteiger charge is 2.09. The van der Waals surface area contributed by atoms with E-state index in [1.807, 2.05) is 18.4 Å². The fraction of sp³-hybridized carbons (Fsp3) is 0.167. The number of nitrogens with two attached hydrogens (primary N) is 1. The molecular formula is C12H12N4S. The molecule has 4 nitrogen and oxygen atoms in total. The van der Waals surface area contributed by atoms with Crippen LogP contribution in [0.1, 0.15) is 24.1 Å². The van der Waals surface area contributed by atoms with E-state index in [1.165, 1.54) is 11.8 Å². The molecule has 2 aromatic heterocycles. The summed E-state index contributed by atoms with van der Waals surface area (Å²) in [7, 11) is 0. The van der Waals surface area contributed by atoms with Crippen LogP contribution in [0.2, 0.25) is 0 Å². The van der Waals surface area contributed by atoms with Crippen LogP contribution in [0.25, 0.3) is 0 Å². The summed E-state index contributed by atoms with van der Waals surface area (Å²) in [6.07, 6.45) is 1.51. The molecule has 0 aliphatic rings. The predicted molar refractivity (Wildman–Crippen MR) is 69.7 cm³/mol. The Hall–Kier alpha value is -2.06. The molecular weight excluding hydrogens is 232 g/mol. The van der Waals surface area contributed by atoms with Crippen molar-refractivity contribution in [2.24, 2.45) is 0 Å². The molecule has 0 aromatic carbocycles. The summed E-state index contributed by atoms with van der Waals surface area (Å²) in [4.78, 5) is 4.14. The Morgan fingerprint density at radius 2 is 2.41 bits per heavy atom. The number of nitriles is 1. The minimum Gasteiger partial charge on any atom is -0.396 e. The molecule has 0 saturated carbocycles. The van der Waals surface area contributed by atoms with E-state index in [9.17, 15) is 0 Å². The molecule has 1 atom stereocenters. The van der Waals surface area contributed by atoms with Gasteiger partial charge in [-0.25, -0.2) is 4.98 Å². The third-order valence-electron chi connectivity index (χ3n) is 2.44. The van der Waals surface area contributed by atoms with Crippen molar-refractivity contribution >= 4 is 22.8 Å². The number of hydrogen-bond donors (Lipinski definition) is 2. The fourth-order valence-corrected chi connectivity index (χ4v) is 2.23. The van der Waals surface area contributed by atoms with Crippen LogP contribution < -0.4 is 11.1 Å². The van der Waals surface area contributed by atoms with E-state index in [0.717, 1.165) is 0 Å². The molecule has 0 aliphatic carbocycles. The first-order valence-corrected chi connectivity index (χ1v) is 6.09. The molecule has 3 N–H and O–H groups in total. The van der Waals surface area contributed by atoms with Crippen molar-refractivity contribution in [2.45, 2.75) is 13.0 Å². The van der Waals surface area contributed by atoms with Crippen molar-refractivity contribution in [2.75, 3.05) is 11.1 Å². The first-order chi connectivity index (χ1) is 8.20. The van der Waals surface area contributed by atoms with Crippen molar-refractivity contribution in [3.8, 4) is 6.07 Å². The van der Waals surface area contributed by atoms with E-state index in [0.29, 0.717) is 17.1 Å². The molecule has 0 radical (unpaired) electrons. The lowest BCUT2D eigenvalue weighted by molar-refractivity contribution is 0.881. The topological polar surface area (TPSA) is 74.7 Å². The molecule has 0 spiro atoms. The zero-order valence-electron chi connectivity index (χ0n) is 9.34. The minimum absolute atomic E-state index is 0.143. The van der Waals surface area contributed by atoms with Gasteiger partial charge in [0.2, 0.25) is 0 Å². The number of rotatable bonds is 3. The van der Waals surface area contributed by atoms with Gasteiger partial charge < -0.3 is 11.1 Å². The molecule has 2 rings (SSSR count). The lowest BCUT2D eigenvalue weighted by atomic mass is 10.2. The molecule has 2 heterocycles. The number of aromatic nitrogens is 1. The van der Waals surface area contributed by atoms with Gasteiger partial charge in [0.15, 0.2) is 0 Å². The standard InChI is InChI=1S/C12H12N4S/c1-8(10-2-3-17-7-10)16-12-11(14)4-9(5-13)6-15-12/h2-4,6-8H,14H2,1H3,(H,15,16). The summed E-state index contributed by atoms with van der Waals surface area (Å²) < 4.78 is 0. The Balaban J connectivity index is 2.17. The van der Waals surface area contributed by atoms with Crippen LogP contribution >= 0.6 is 11.3 Å². The van der Waals surface area contributed by atoms with Crippen molar-refractivity contribution in [3.63, 3.8) is 0 Å². The van der Waals surface area contributed by atoms with Gasteiger partial charge in [-0.15, -0.1) is 0 Å². The van der Waals surface area contributed by atoms with Crippen LogP contribution in [0.5, 0.6) is 0 Å². The Morgan fingerprint density at radius 1 is 1.59 bits per heavy atom. The smallest absolute Gasteiger partial charge is 0.149 e. The molecule has 0 aliphatic heterocycles. The van der Waals surface area contributed by atoms with Crippen molar-refractivity contribution in [1.82, 2.24) is 4.98 Å². The molecule has 1 unspecified atom stereocenters. The van der Waals surface area contributed by atoms with E-state index < -0.39 is 0 Å². The van der Waals surface area contributed by atoms with Crippen LogP contribution in [-0.4, -0.2) is 4.98 Å². The first kappa shape index (κ1) is 11.4. The third-order valence-corrected chi connectivity index (χ3v) is 3.14. The van der Waals surface area contributed by atoms with Gasteiger partial charge in [0, 0.05) is 6.20 Å². The second-order valence-corrected chi connectivity index (χ2v) is 4.48. The number of pyridine rings is 1. The number of anilines is 2. The summed E-state index contributed by atoms with van der Waals surface area (Å²) in [6.45, 7) is 2.04. The highest BCUT2D eigenvalue weighted by Crippen LogP contribution is 2.23. The summed E-state index contributed by atoms with van der Waals surface area (Å²) in [6, 6.07) is 5.83. The average molecular weight is 244 g/mol. The Kier molecular flexibility index (Phi) is 3.26. The number of hydrogen-bond acceptors (Lipinski definition) is 5. The van der Waals surface area contributed by atoms with E-state index in [2.05, 4.69) is 21.7 Å². The fourth-order valence-electron chi connectivity index (χ4n) is 1.47. The lowest BCUT2D eigenvalue weighted by Gasteiger charge is -2.14. The molecule has 0 amide bonds. The minimum atomic E-state index is 0.143. The maximum absolute atomic E-state index is 8.72. The SMILES string of the molecule is CC(Nc1ncc(C#N)cc1N)c1ccsc1. The van der Waals surface area contributed by atoms with Crippen molar-refractivity contribution < 1.29 is 0 Å². The molecule has 17 heavy (non-hydrogen) atoms. The molecule has 0 fully saturated rings. The zero-order chi connectivity index (χ0) is 12.3. The highest BCUT2D eigenvalue weighted by molar-refractivity contribution is 7.07. The summed E-state index contributed by atoms with van der Waals surface area (Å²) in [5.74, 6) is 0.614. The van der Waals surface area contributed by atoms with Gasteiger partial charge in [-0.1, -0.05) is 0 Å². The monoisotopic (exact) mass is 244 g/mol. The third kappa shape index (κ3) is 2.55. The normalized spacial score (nSPS) is 11.8. The van der Waals surface area contributed by atoms with Crippen molar-refractivity contribution in [3.05, 3.63) is 40.2 Å². The summed E-state index contributed by atoms with van der Waals surface area (Å²) in [5, 5.41) is 16.1. The summed E-state index contributed by atoms with van der Waals surface area (Å²) >= 11 is 1.65. The van der Waals surface area contributed by atoms with Gasteiger partial charge in [-0.05, 0) is 35.4 Å². The summed E-state index contributed by atoms with van der Waals surface area (Å²) in [5.41, 5.74) is 7.98. The van der Waals surface area contributed by atoms with Crippen LogP contribution in [0.3, 0.4) is 0 Å². The Morgan fingerprint density at radius 3 is 3.00 bits per heavy atom. The highest BCUT2D eigenvalue weighted by atomic mass is 32.1. The van der Waals surface area contributed by atoms with E-state index >= 15 is 0 Å². The first-order valence-electron chi connectivity index (χ1n) is 5.15. The van der Waals surface area contributed by atoms with Crippen LogP contribution in [-0.2, 0) is 0 Å². The van der Waals surface area contributed by atoms with E-state index in [-0.39, 0.29) is 6.04 Å². The number of nitrogen functional groups attached to an aromatic ring is 1. The van der Waals surface area contributed by atoms with E-state index in [4.69, 9.17) is 11.0 Å². The molecule has 86 valence electrons. The van der Waals surface area contributed by atoms with Gasteiger partial charge in [0.25, 0.3) is 0 Å². The maximum Gasteiger partial charge on any atom is 0.149 e. The Bertz CT molecular complexity index is 542. The second-order valence-electron chi connectivity index (χ2n) is 3.70. The van der Waals surface area contributed by atoms with Gasteiger partial charge >= 0.3 is 0 Å². The van der Waals surface area contributed by atoms with Gasteiger partial charge in [-0.3, -0.25) is 0 Å². The van der Waals surface area contributed by atoms with Crippen LogP contribution in [0.4, 0.5) is 11.5 Å². The number of nitrogens with zero attached hydrogens (tertiary/aromatic N) is 2. The molecule has 2 aromatic rings. The lowest BCUT2D eigenvalue weighted by Crippen LogP contribution is -2.09. The molecule has 0 saturated heterocycles. The van der Waals surface area contributed by atoms with Crippen LogP contribution in [0, 0.1) is 11.3 Å². The van der Waals surface area contributed by atoms with Gasteiger partial charge in [0.05, 0.1) is 17.3 Å². The molecule has 0 bridgehead atoms. The van der Waals surface area contributed by atoms with Gasteiger partial charge in [-0.2, -0.15) is 16.6 Å². The quantitative estimate of drug-likeness (QED) is 0.870. The predicted octanol–water partition coefficient (Wildman–Crippen LogP) is 2.77. The largest absolute Gasteiger partial charge is 0.396 e. The zero-order valence-corrected chi connectivity index (χ0v) is 10.2. The Labute approximate surface area is 104 Å². The number of thiophene rings is 1. The van der Waals surface area contributed by atoms with E-state index in [1.54, 1.807) is 17.4 Å². The van der Waals surface area contributed by atoms with Crippen molar-refractivity contribution in [1.29, 1.82) is 5.26 Å².